The number of aryl methyl sites for hydroxylation is 1. The molecule has 4 heteroatoms. The van der Waals surface area contributed by atoms with Crippen LogP contribution in [0, 0.1) is 0 Å². The van der Waals surface area contributed by atoms with E-state index in [1.165, 1.54) is 5.56 Å². The third-order valence-corrected chi connectivity index (χ3v) is 4.28. The van der Waals surface area contributed by atoms with Gasteiger partial charge < -0.3 is 14.4 Å². The lowest BCUT2D eigenvalue weighted by Gasteiger charge is -2.18. The predicted molar refractivity (Wildman–Crippen MR) is 90.4 cm³/mol. The van der Waals surface area contributed by atoms with Crippen LogP contribution in [0.25, 0.3) is 0 Å². The van der Waals surface area contributed by atoms with Gasteiger partial charge in [0.2, 0.25) is 5.91 Å². The largest absolute Gasteiger partial charge is 0.497 e. The number of methoxy groups -OCH3 is 2. The van der Waals surface area contributed by atoms with Crippen molar-refractivity contribution in [3.63, 3.8) is 0 Å². The molecule has 3 rings (SSSR count). The van der Waals surface area contributed by atoms with Crippen molar-refractivity contribution in [3.05, 3.63) is 53.6 Å². The van der Waals surface area contributed by atoms with Gasteiger partial charge in [0, 0.05) is 18.7 Å². The van der Waals surface area contributed by atoms with Crippen LogP contribution >= 0.6 is 0 Å². The third-order valence-electron chi connectivity index (χ3n) is 4.28. The quantitative estimate of drug-likeness (QED) is 0.851. The highest BCUT2D eigenvalue weighted by atomic mass is 16.5. The second-order valence-corrected chi connectivity index (χ2v) is 5.60. The Hall–Kier alpha value is -2.49. The summed E-state index contributed by atoms with van der Waals surface area (Å²) in [4.78, 5) is 14.5. The number of anilines is 1. The molecule has 0 spiro atoms. The molecule has 0 saturated carbocycles. The van der Waals surface area contributed by atoms with Crippen LogP contribution in [0.3, 0.4) is 0 Å². The molecule has 23 heavy (non-hydrogen) atoms. The van der Waals surface area contributed by atoms with E-state index in [9.17, 15) is 4.79 Å². The van der Waals surface area contributed by atoms with E-state index in [1.54, 1.807) is 14.2 Å². The minimum Gasteiger partial charge on any atom is -0.497 e. The number of para-hydroxylation sites is 1. The third kappa shape index (κ3) is 3.16. The Morgan fingerprint density at radius 2 is 1.96 bits per heavy atom. The van der Waals surface area contributed by atoms with E-state index in [-0.39, 0.29) is 5.91 Å². The van der Waals surface area contributed by atoms with Crippen molar-refractivity contribution in [3.8, 4) is 11.5 Å². The van der Waals surface area contributed by atoms with Crippen LogP contribution in [0.1, 0.15) is 17.5 Å². The first-order chi connectivity index (χ1) is 11.2. The molecule has 4 nitrogen and oxygen atoms in total. The van der Waals surface area contributed by atoms with Gasteiger partial charge in [-0.2, -0.15) is 0 Å². The van der Waals surface area contributed by atoms with Gasteiger partial charge in [0.05, 0.1) is 14.2 Å². The molecule has 120 valence electrons. The van der Waals surface area contributed by atoms with Gasteiger partial charge in [0.15, 0.2) is 0 Å². The maximum absolute atomic E-state index is 12.6. The zero-order valence-electron chi connectivity index (χ0n) is 13.5. The molecule has 0 aliphatic carbocycles. The number of hydrogen-bond acceptors (Lipinski definition) is 3. The average molecular weight is 311 g/mol. The van der Waals surface area contributed by atoms with E-state index in [0.29, 0.717) is 12.8 Å². The number of rotatable bonds is 5. The van der Waals surface area contributed by atoms with Gasteiger partial charge in [-0.3, -0.25) is 4.79 Å². The highest BCUT2D eigenvalue weighted by molar-refractivity contribution is 5.95. The van der Waals surface area contributed by atoms with E-state index in [0.717, 1.165) is 35.7 Å². The van der Waals surface area contributed by atoms with Crippen molar-refractivity contribution in [1.82, 2.24) is 0 Å². The first kappa shape index (κ1) is 15.4. The molecule has 0 bridgehead atoms. The molecule has 0 atom stereocenters. The molecule has 0 saturated heterocycles. The minimum atomic E-state index is 0.153. The van der Waals surface area contributed by atoms with Crippen LogP contribution in [0.4, 0.5) is 5.69 Å². The van der Waals surface area contributed by atoms with Crippen LogP contribution in [-0.4, -0.2) is 26.7 Å². The van der Waals surface area contributed by atoms with Gasteiger partial charge in [-0.05, 0) is 48.2 Å². The number of carbonyl (C=O) groups excluding carboxylic acids is 1. The fourth-order valence-electron chi connectivity index (χ4n) is 3.05. The Morgan fingerprint density at radius 1 is 1.13 bits per heavy atom. The van der Waals surface area contributed by atoms with Crippen molar-refractivity contribution in [1.29, 1.82) is 0 Å². The zero-order valence-corrected chi connectivity index (χ0v) is 13.5. The van der Waals surface area contributed by atoms with Gasteiger partial charge in [0.25, 0.3) is 0 Å². The molecule has 0 N–H and O–H groups in total. The van der Waals surface area contributed by atoms with Crippen molar-refractivity contribution in [2.24, 2.45) is 0 Å². The fraction of sp³-hybridized carbons (Fsp3) is 0.316. The highest BCUT2D eigenvalue weighted by Crippen LogP contribution is 2.32. The molecule has 1 heterocycles. The summed E-state index contributed by atoms with van der Waals surface area (Å²) < 4.78 is 10.6. The number of ether oxygens (including phenoxy) is 2. The highest BCUT2D eigenvalue weighted by Gasteiger charge is 2.24. The summed E-state index contributed by atoms with van der Waals surface area (Å²) in [5, 5.41) is 0. The Kier molecular flexibility index (Phi) is 4.51. The lowest BCUT2D eigenvalue weighted by atomic mass is 10.1. The molecule has 2 aromatic rings. The number of nitrogens with zero attached hydrogens (tertiary/aromatic N) is 1. The molecule has 2 aromatic carbocycles. The molecule has 1 aliphatic heterocycles. The van der Waals surface area contributed by atoms with Gasteiger partial charge in [0.1, 0.15) is 11.5 Å². The fourth-order valence-corrected chi connectivity index (χ4v) is 3.05. The van der Waals surface area contributed by atoms with Crippen molar-refractivity contribution in [2.45, 2.75) is 19.3 Å². The SMILES string of the molecule is COc1ccc2c(c1)CCN2C(=O)CCc1ccccc1OC. The molecule has 0 aromatic heterocycles. The first-order valence-electron chi connectivity index (χ1n) is 7.82. The summed E-state index contributed by atoms with van der Waals surface area (Å²) in [6.07, 6.45) is 2.05. The molecule has 1 aliphatic rings. The van der Waals surface area contributed by atoms with Crippen LogP contribution < -0.4 is 14.4 Å². The van der Waals surface area contributed by atoms with E-state index in [2.05, 4.69) is 0 Å². The monoisotopic (exact) mass is 311 g/mol. The topological polar surface area (TPSA) is 38.8 Å². The standard InChI is InChI=1S/C19H21NO3/c1-22-16-8-9-17-15(13-16)11-12-20(17)19(21)10-7-14-5-3-4-6-18(14)23-2/h3-6,8-9,13H,7,10-12H2,1-2H3. The van der Waals surface area contributed by atoms with Gasteiger partial charge in [-0.1, -0.05) is 18.2 Å². The summed E-state index contributed by atoms with van der Waals surface area (Å²) in [7, 11) is 3.32. The first-order valence-corrected chi connectivity index (χ1v) is 7.82. The van der Waals surface area contributed by atoms with Crippen LogP contribution in [0.5, 0.6) is 11.5 Å². The van der Waals surface area contributed by atoms with Crippen LogP contribution in [0.15, 0.2) is 42.5 Å². The van der Waals surface area contributed by atoms with E-state index >= 15 is 0 Å². The summed E-state index contributed by atoms with van der Waals surface area (Å²) in [6.45, 7) is 0.743. The lowest BCUT2D eigenvalue weighted by Crippen LogP contribution is -2.29. The number of hydrogen-bond donors (Lipinski definition) is 0. The van der Waals surface area contributed by atoms with Gasteiger partial charge in [-0.15, -0.1) is 0 Å². The average Bonchev–Trinajstić information content (AvgIpc) is 3.02. The maximum atomic E-state index is 12.6. The number of benzene rings is 2. The molecule has 0 radical (unpaired) electrons. The molecule has 1 amide bonds. The van der Waals surface area contributed by atoms with Crippen molar-refractivity contribution < 1.29 is 14.3 Å². The van der Waals surface area contributed by atoms with Gasteiger partial charge >= 0.3 is 0 Å². The minimum absolute atomic E-state index is 0.153. The molecular formula is C19H21NO3. The second kappa shape index (κ2) is 6.73. The smallest absolute Gasteiger partial charge is 0.227 e. The Bertz CT molecular complexity index is 712. The maximum Gasteiger partial charge on any atom is 0.227 e. The van der Waals surface area contributed by atoms with Crippen LogP contribution in [0.2, 0.25) is 0 Å². The second-order valence-electron chi connectivity index (χ2n) is 5.60. The Balaban J connectivity index is 1.69. The Labute approximate surface area is 136 Å². The van der Waals surface area contributed by atoms with Gasteiger partial charge in [-0.25, -0.2) is 0 Å². The number of amides is 1. The van der Waals surface area contributed by atoms with Crippen LogP contribution in [-0.2, 0) is 17.6 Å². The normalized spacial score (nSPS) is 12.9. The molecule has 0 fully saturated rings. The summed E-state index contributed by atoms with van der Waals surface area (Å²) in [5.41, 5.74) is 3.25. The molecule has 0 unspecified atom stereocenters. The summed E-state index contributed by atoms with van der Waals surface area (Å²) in [5.74, 6) is 1.83. The summed E-state index contributed by atoms with van der Waals surface area (Å²) >= 11 is 0. The zero-order chi connectivity index (χ0) is 16.2. The van der Waals surface area contributed by atoms with E-state index in [1.807, 2.05) is 47.4 Å². The molecular weight excluding hydrogens is 290 g/mol. The predicted octanol–water partition coefficient (Wildman–Crippen LogP) is 3.23. The van der Waals surface area contributed by atoms with E-state index in [4.69, 9.17) is 9.47 Å². The van der Waals surface area contributed by atoms with E-state index < -0.39 is 0 Å². The number of fused-ring (bicyclic) bond motifs is 1. The van der Waals surface area contributed by atoms with Crippen molar-refractivity contribution in [2.75, 3.05) is 25.7 Å². The Morgan fingerprint density at radius 3 is 2.74 bits per heavy atom. The number of carbonyl (C=O) groups is 1. The van der Waals surface area contributed by atoms with Crippen molar-refractivity contribution >= 4 is 11.6 Å². The summed E-state index contributed by atoms with van der Waals surface area (Å²) in [6, 6.07) is 13.7. The lowest BCUT2D eigenvalue weighted by molar-refractivity contribution is -0.118.